The van der Waals surface area contributed by atoms with E-state index in [0.29, 0.717) is 30.7 Å². The largest absolute Gasteiger partial charge is 0.381 e. The Bertz CT molecular complexity index is 1130. The molecule has 1 amide bonds. The summed E-state index contributed by atoms with van der Waals surface area (Å²) in [6.07, 6.45) is 5.38. The summed E-state index contributed by atoms with van der Waals surface area (Å²) in [6, 6.07) is 6.50. The minimum absolute atomic E-state index is 0.280. The van der Waals surface area contributed by atoms with Gasteiger partial charge >= 0.3 is 0 Å². The highest BCUT2D eigenvalue weighted by atomic mass is 16.5. The molecule has 2 saturated heterocycles. The maximum atomic E-state index is 11.2. The summed E-state index contributed by atoms with van der Waals surface area (Å²) in [5.41, 5.74) is 8.96. The lowest BCUT2D eigenvalue weighted by Crippen LogP contribution is -2.48. The molecule has 2 aliphatic rings. The number of hydrogen-bond donors (Lipinski definition) is 1. The van der Waals surface area contributed by atoms with Crippen LogP contribution in [0, 0.1) is 5.92 Å². The predicted octanol–water partition coefficient (Wildman–Crippen LogP) is 2.28. The Kier molecular flexibility index (Phi) is 6.94. The number of aromatic nitrogens is 3. The molecule has 0 saturated carbocycles. The second-order valence-electron chi connectivity index (χ2n) is 9.45. The van der Waals surface area contributed by atoms with Gasteiger partial charge in [0, 0.05) is 63.1 Å². The predicted molar refractivity (Wildman–Crippen MR) is 129 cm³/mol. The van der Waals surface area contributed by atoms with Crippen molar-refractivity contribution >= 4 is 16.8 Å². The van der Waals surface area contributed by atoms with Gasteiger partial charge in [0.2, 0.25) is 17.6 Å². The van der Waals surface area contributed by atoms with Crippen LogP contribution in [0.5, 0.6) is 0 Å². The van der Waals surface area contributed by atoms with Crippen molar-refractivity contribution in [2.24, 2.45) is 11.7 Å². The van der Waals surface area contributed by atoms with Crippen LogP contribution in [0.2, 0.25) is 0 Å². The van der Waals surface area contributed by atoms with E-state index in [-0.39, 0.29) is 5.91 Å². The van der Waals surface area contributed by atoms with Crippen molar-refractivity contribution in [2.75, 3.05) is 45.9 Å². The Morgan fingerprint density at radius 1 is 1.15 bits per heavy atom. The molecule has 2 aromatic heterocycles. The van der Waals surface area contributed by atoms with Gasteiger partial charge in [-0.2, -0.15) is 4.98 Å². The number of carbonyl (C=O) groups is 1. The van der Waals surface area contributed by atoms with Crippen LogP contribution in [0.4, 0.5) is 0 Å². The first-order valence-corrected chi connectivity index (χ1v) is 12.3. The third kappa shape index (κ3) is 5.01. The number of aryl methyl sites for hydroxylation is 1. The standard InChI is InChI=1S/C25H34N6O3/c1-2-19-4-3-5-20-21(15-31(24(19)20)14-18-6-12-33-13-7-18)25-27-23(34-28-25)17-30-10-8-29(9-11-30)16-22(26)32/h3-5,15,18H,2,6-14,16-17H2,1H3,(H2,26,32). The molecule has 2 fully saturated rings. The van der Waals surface area contributed by atoms with Crippen LogP contribution in [-0.2, 0) is 29.0 Å². The Labute approximate surface area is 199 Å². The van der Waals surface area contributed by atoms with Crippen LogP contribution < -0.4 is 5.73 Å². The van der Waals surface area contributed by atoms with E-state index in [1.807, 2.05) is 0 Å². The van der Waals surface area contributed by atoms with Gasteiger partial charge in [0.25, 0.3) is 0 Å². The summed E-state index contributed by atoms with van der Waals surface area (Å²) in [4.78, 5) is 20.3. The Morgan fingerprint density at radius 2 is 1.91 bits per heavy atom. The fourth-order valence-corrected chi connectivity index (χ4v) is 5.20. The summed E-state index contributed by atoms with van der Waals surface area (Å²) in [5, 5.41) is 5.53. The minimum atomic E-state index is -0.280. The maximum absolute atomic E-state index is 11.2. The van der Waals surface area contributed by atoms with Gasteiger partial charge in [-0.1, -0.05) is 30.3 Å². The van der Waals surface area contributed by atoms with Crippen molar-refractivity contribution in [1.29, 1.82) is 0 Å². The van der Waals surface area contributed by atoms with Gasteiger partial charge in [-0.15, -0.1) is 0 Å². The summed E-state index contributed by atoms with van der Waals surface area (Å²) in [6.45, 7) is 9.11. The molecule has 0 radical (unpaired) electrons. The van der Waals surface area contributed by atoms with Gasteiger partial charge in [-0.3, -0.25) is 14.6 Å². The molecule has 3 aromatic rings. The summed E-state index contributed by atoms with van der Waals surface area (Å²) >= 11 is 0. The van der Waals surface area contributed by atoms with Crippen LogP contribution in [0.3, 0.4) is 0 Å². The van der Waals surface area contributed by atoms with E-state index in [2.05, 4.69) is 50.8 Å². The monoisotopic (exact) mass is 466 g/mol. The molecule has 0 spiro atoms. The minimum Gasteiger partial charge on any atom is -0.381 e. The number of carbonyl (C=O) groups excluding carboxylic acids is 1. The highest BCUT2D eigenvalue weighted by Gasteiger charge is 2.23. The van der Waals surface area contributed by atoms with Crippen LogP contribution in [0.25, 0.3) is 22.3 Å². The Morgan fingerprint density at radius 3 is 2.65 bits per heavy atom. The van der Waals surface area contributed by atoms with E-state index >= 15 is 0 Å². The van der Waals surface area contributed by atoms with Crippen molar-refractivity contribution in [2.45, 2.75) is 39.3 Å². The van der Waals surface area contributed by atoms with Crippen LogP contribution in [0.15, 0.2) is 28.9 Å². The molecule has 4 heterocycles. The second kappa shape index (κ2) is 10.2. The van der Waals surface area contributed by atoms with Gasteiger partial charge in [0.15, 0.2) is 0 Å². The molecule has 9 nitrogen and oxygen atoms in total. The third-order valence-corrected chi connectivity index (χ3v) is 7.07. The normalized spacial score (nSPS) is 18.6. The lowest BCUT2D eigenvalue weighted by Gasteiger charge is -2.32. The van der Waals surface area contributed by atoms with E-state index in [4.69, 9.17) is 20.0 Å². The van der Waals surface area contributed by atoms with Crippen molar-refractivity contribution in [1.82, 2.24) is 24.5 Å². The number of nitrogens with zero attached hydrogens (tertiary/aromatic N) is 5. The molecule has 0 aliphatic carbocycles. The summed E-state index contributed by atoms with van der Waals surface area (Å²) < 4.78 is 13.6. The lowest BCUT2D eigenvalue weighted by atomic mass is 10.00. The highest BCUT2D eigenvalue weighted by molar-refractivity contribution is 5.96. The van der Waals surface area contributed by atoms with Gasteiger partial charge < -0.3 is 19.6 Å². The van der Waals surface area contributed by atoms with Crippen LogP contribution in [-0.4, -0.2) is 76.4 Å². The first kappa shape index (κ1) is 23.0. The smallest absolute Gasteiger partial charge is 0.241 e. The third-order valence-electron chi connectivity index (χ3n) is 7.07. The number of piperazine rings is 1. The molecule has 1 aromatic carbocycles. The SMILES string of the molecule is CCc1cccc2c(-c3noc(CN4CCN(CC(N)=O)CC4)n3)cn(CC3CCOCC3)c12. The van der Waals surface area contributed by atoms with Crippen molar-refractivity contribution in [3.05, 3.63) is 35.9 Å². The number of hydrogen-bond acceptors (Lipinski definition) is 7. The molecule has 5 rings (SSSR count). The first-order chi connectivity index (χ1) is 16.6. The molecule has 2 aliphatic heterocycles. The average molecular weight is 467 g/mol. The number of para-hydroxylation sites is 1. The number of ether oxygens (including phenoxy) is 1. The topological polar surface area (TPSA) is 103 Å². The van der Waals surface area contributed by atoms with E-state index in [1.165, 1.54) is 16.5 Å². The average Bonchev–Trinajstić information content (AvgIpc) is 3.45. The van der Waals surface area contributed by atoms with E-state index in [9.17, 15) is 4.79 Å². The van der Waals surface area contributed by atoms with E-state index < -0.39 is 0 Å². The molecule has 34 heavy (non-hydrogen) atoms. The molecular weight excluding hydrogens is 432 g/mol. The van der Waals surface area contributed by atoms with Crippen molar-refractivity contribution in [3.63, 3.8) is 0 Å². The molecule has 9 heteroatoms. The zero-order valence-corrected chi connectivity index (χ0v) is 19.9. The zero-order valence-electron chi connectivity index (χ0n) is 19.9. The van der Waals surface area contributed by atoms with Crippen LogP contribution in [0.1, 0.15) is 31.2 Å². The Balaban J connectivity index is 1.35. The fraction of sp³-hybridized carbons (Fsp3) is 0.560. The van der Waals surface area contributed by atoms with Gasteiger partial charge in [-0.25, -0.2) is 0 Å². The molecule has 0 unspecified atom stereocenters. The molecular formula is C25H34N6O3. The van der Waals surface area contributed by atoms with Crippen molar-refractivity contribution in [3.8, 4) is 11.4 Å². The molecule has 2 N–H and O–H groups in total. The molecule has 0 atom stereocenters. The van der Waals surface area contributed by atoms with Gasteiger partial charge in [0.1, 0.15) is 0 Å². The van der Waals surface area contributed by atoms with Crippen LogP contribution >= 0.6 is 0 Å². The molecule has 0 bridgehead atoms. The quantitative estimate of drug-likeness (QED) is 0.543. The summed E-state index contributed by atoms with van der Waals surface area (Å²) in [7, 11) is 0. The number of benzene rings is 1. The molecule has 182 valence electrons. The highest BCUT2D eigenvalue weighted by Crippen LogP contribution is 2.33. The fourth-order valence-electron chi connectivity index (χ4n) is 5.20. The lowest BCUT2D eigenvalue weighted by molar-refractivity contribution is -0.119. The van der Waals surface area contributed by atoms with Gasteiger partial charge in [-0.05, 0) is 30.7 Å². The zero-order chi connectivity index (χ0) is 23.5. The number of primary amides is 1. The second-order valence-corrected chi connectivity index (χ2v) is 9.45. The maximum Gasteiger partial charge on any atom is 0.241 e. The number of nitrogens with two attached hydrogens (primary N) is 1. The number of rotatable bonds is 8. The van der Waals surface area contributed by atoms with E-state index in [1.54, 1.807) is 0 Å². The summed E-state index contributed by atoms with van der Waals surface area (Å²) in [5.74, 6) is 1.61. The van der Waals surface area contributed by atoms with Crippen molar-refractivity contribution < 1.29 is 14.1 Å². The number of fused-ring (bicyclic) bond motifs is 1. The Hall–Kier alpha value is -2.75. The number of amides is 1. The van der Waals surface area contributed by atoms with E-state index in [0.717, 1.165) is 70.8 Å². The van der Waals surface area contributed by atoms with Gasteiger partial charge in [0.05, 0.1) is 18.6 Å². The first-order valence-electron chi connectivity index (χ1n) is 12.3.